The summed E-state index contributed by atoms with van der Waals surface area (Å²) in [4.78, 5) is 24.3. The fraction of sp³-hybridized carbons (Fsp3) is 0.765. The van der Waals surface area contributed by atoms with Crippen LogP contribution in [0.15, 0.2) is 12.2 Å². The SMILES string of the molecule is CO[C@@H](C(=O)NC1CSCCNC1=O)[C@H](O)[C@@H](O)[C@H](O)C=CC(C)(C)C. The van der Waals surface area contributed by atoms with E-state index < -0.39 is 36.4 Å². The molecule has 0 aromatic rings. The summed E-state index contributed by atoms with van der Waals surface area (Å²) in [6.07, 6.45) is -3.02. The first-order valence-electron chi connectivity index (χ1n) is 8.49. The van der Waals surface area contributed by atoms with E-state index in [0.29, 0.717) is 12.3 Å². The lowest BCUT2D eigenvalue weighted by molar-refractivity contribution is -0.150. The minimum atomic E-state index is -1.67. The van der Waals surface area contributed by atoms with Gasteiger partial charge in [0.2, 0.25) is 5.91 Å². The molecule has 1 heterocycles. The maximum Gasteiger partial charge on any atom is 0.252 e. The van der Waals surface area contributed by atoms with Crippen LogP contribution >= 0.6 is 11.8 Å². The number of amides is 2. The van der Waals surface area contributed by atoms with E-state index in [-0.39, 0.29) is 11.3 Å². The van der Waals surface area contributed by atoms with Crippen LogP contribution < -0.4 is 10.6 Å². The quantitative estimate of drug-likeness (QED) is 0.354. The van der Waals surface area contributed by atoms with Crippen LogP contribution in [0.5, 0.6) is 0 Å². The van der Waals surface area contributed by atoms with Crippen molar-refractivity contribution in [1.82, 2.24) is 10.6 Å². The van der Waals surface area contributed by atoms with Crippen molar-refractivity contribution in [1.29, 1.82) is 0 Å². The number of aliphatic hydroxyl groups excluding tert-OH is 3. The fourth-order valence-electron chi connectivity index (χ4n) is 2.29. The van der Waals surface area contributed by atoms with E-state index in [9.17, 15) is 24.9 Å². The number of allylic oxidation sites excluding steroid dienone is 1. The summed E-state index contributed by atoms with van der Waals surface area (Å²) in [5.74, 6) is 0.123. The van der Waals surface area contributed by atoms with E-state index in [2.05, 4.69) is 10.6 Å². The number of nitrogens with one attached hydrogen (secondary N) is 2. The van der Waals surface area contributed by atoms with Crippen LogP contribution in [0.3, 0.4) is 0 Å². The number of rotatable bonds is 7. The number of methoxy groups -OCH3 is 1. The topological polar surface area (TPSA) is 128 Å². The summed E-state index contributed by atoms with van der Waals surface area (Å²) >= 11 is 1.52. The lowest BCUT2D eigenvalue weighted by atomic mass is 9.94. The van der Waals surface area contributed by atoms with Crippen molar-refractivity contribution in [2.75, 3.05) is 25.2 Å². The first kappa shape index (κ1) is 22.9. The van der Waals surface area contributed by atoms with E-state index in [1.807, 2.05) is 20.8 Å². The van der Waals surface area contributed by atoms with Crippen molar-refractivity contribution in [3.8, 4) is 0 Å². The molecule has 150 valence electrons. The average molecular weight is 391 g/mol. The maximum absolute atomic E-state index is 12.4. The maximum atomic E-state index is 12.4. The van der Waals surface area contributed by atoms with Gasteiger partial charge in [-0.2, -0.15) is 11.8 Å². The van der Waals surface area contributed by atoms with Crippen LogP contribution in [0.2, 0.25) is 0 Å². The lowest BCUT2D eigenvalue weighted by Crippen LogP contribution is -2.56. The second-order valence-corrected chi connectivity index (χ2v) is 8.43. The summed E-state index contributed by atoms with van der Waals surface area (Å²) in [7, 11) is 1.21. The van der Waals surface area contributed by atoms with Gasteiger partial charge in [0, 0.05) is 25.2 Å². The predicted molar refractivity (Wildman–Crippen MR) is 99.7 cm³/mol. The number of carbonyl (C=O) groups excluding carboxylic acids is 2. The van der Waals surface area contributed by atoms with Gasteiger partial charge in [0.25, 0.3) is 5.91 Å². The molecule has 0 saturated carbocycles. The van der Waals surface area contributed by atoms with Crippen LogP contribution in [0, 0.1) is 5.41 Å². The Morgan fingerprint density at radius 1 is 1.35 bits per heavy atom. The van der Waals surface area contributed by atoms with E-state index in [0.717, 1.165) is 5.75 Å². The number of aliphatic hydroxyl groups is 3. The van der Waals surface area contributed by atoms with Crippen LogP contribution in [-0.4, -0.2) is 82.8 Å². The van der Waals surface area contributed by atoms with Gasteiger partial charge in [-0.05, 0) is 5.41 Å². The summed E-state index contributed by atoms with van der Waals surface area (Å²) < 4.78 is 5.00. The first-order valence-corrected chi connectivity index (χ1v) is 9.64. The third-order valence-corrected chi connectivity index (χ3v) is 4.84. The smallest absolute Gasteiger partial charge is 0.252 e. The molecule has 1 rings (SSSR count). The van der Waals surface area contributed by atoms with Crippen LogP contribution in [0.1, 0.15) is 20.8 Å². The lowest BCUT2D eigenvalue weighted by Gasteiger charge is -2.28. The van der Waals surface area contributed by atoms with Crippen molar-refractivity contribution >= 4 is 23.6 Å². The van der Waals surface area contributed by atoms with E-state index >= 15 is 0 Å². The summed E-state index contributed by atoms with van der Waals surface area (Å²) in [6, 6.07) is -0.747. The Bertz CT molecular complexity index is 508. The van der Waals surface area contributed by atoms with Crippen LogP contribution in [-0.2, 0) is 14.3 Å². The minimum Gasteiger partial charge on any atom is -0.387 e. The molecular weight excluding hydrogens is 360 g/mol. The van der Waals surface area contributed by atoms with Gasteiger partial charge < -0.3 is 30.7 Å². The first-order chi connectivity index (χ1) is 12.1. The molecule has 5 atom stereocenters. The van der Waals surface area contributed by atoms with Gasteiger partial charge in [0.15, 0.2) is 6.10 Å². The average Bonchev–Trinajstić information content (AvgIpc) is 2.76. The van der Waals surface area contributed by atoms with Crippen molar-refractivity contribution in [2.24, 2.45) is 5.41 Å². The fourth-order valence-corrected chi connectivity index (χ4v) is 3.17. The normalized spacial score (nSPS) is 23.7. The van der Waals surface area contributed by atoms with Gasteiger partial charge in [0.1, 0.15) is 24.4 Å². The predicted octanol–water partition coefficient (Wildman–Crippen LogP) is -0.966. The minimum absolute atomic E-state index is 0.214. The summed E-state index contributed by atoms with van der Waals surface area (Å²) in [6.45, 7) is 6.28. The molecular formula is C17H30N2O6S. The molecule has 0 aliphatic carbocycles. The van der Waals surface area contributed by atoms with Gasteiger partial charge >= 0.3 is 0 Å². The molecule has 1 fully saturated rings. The van der Waals surface area contributed by atoms with Crippen molar-refractivity contribution in [3.05, 3.63) is 12.2 Å². The second kappa shape index (κ2) is 10.3. The standard InChI is InChI=1S/C17H30N2O6S/c1-17(2,3)6-5-11(20)12(21)13(22)14(25-4)16(24)19-10-9-26-8-7-18-15(10)23/h5-6,10-14,20-22H,7-9H2,1-4H3,(H,18,23)(H,19,24)/t10?,11-,12+,13-,14-/m1/s1. The Kier molecular flexibility index (Phi) is 9.05. The molecule has 26 heavy (non-hydrogen) atoms. The zero-order chi connectivity index (χ0) is 19.9. The zero-order valence-corrected chi connectivity index (χ0v) is 16.5. The van der Waals surface area contributed by atoms with Gasteiger partial charge in [0.05, 0.1) is 0 Å². The van der Waals surface area contributed by atoms with Crippen molar-refractivity contribution < 1.29 is 29.6 Å². The Morgan fingerprint density at radius 2 is 2.00 bits per heavy atom. The van der Waals surface area contributed by atoms with Crippen molar-refractivity contribution in [3.63, 3.8) is 0 Å². The molecule has 0 spiro atoms. The Labute approximate surface area is 158 Å². The molecule has 9 heteroatoms. The Morgan fingerprint density at radius 3 is 2.58 bits per heavy atom. The number of thioether (sulfide) groups is 1. The second-order valence-electron chi connectivity index (χ2n) is 7.28. The van der Waals surface area contributed by atoms with Gasteiger partial charge in [-0.3, -0.25) is 9.59 Å². The molecule has 0 aromatic heterocycles. The molecule has 0 bridgehead atoms. The monoisotopic (exact) mass is 390 g/mol. The van der Waals surface area contributed by atoms with Gasteiger partial charge in [-0.1, -0.05) is 32.9 Å². The third kappa shape index (κ3) is 7.24. The highest BCUT2D eigenvalue weighted by Gasteiger charge is 2.37. The highest BCUT2D eigenvalue weighted by atomic mass is 32.2. The Hall–Kier alpha value is -1.13. The molecule has 1 saturated heterocycles. The van der Waals surface area contributed by atoms with Gasteiger partial charge in [-0.15, -0.1) is 0 Å². The molecule has 0 radical (unpaired) electrons. The zero-order valence-electron chi connectivity index (χ0n) is 15.6. The number of ether oxygens (including phenoxy) is 1. The summed E-state index contributed by atoms with van der Waals surface area (Å²) in [5, 5.41) is 35.6. The number of hydrogen-bond donors (Lipinski definition) is 5. The van der Waals surface area contributed by atoms with Gasteiger partial charge in [-0.25, -0.2) is 0 Å². The number of hydrogen-bond acceptors (Lipinski definition) is 7. The number of carbonyl (C=O) groups is 2. The molecule has 1 unspecified atom stereocenters. The molecule has 8 nitrogen and oxygen atoms in total. The Balaban J connectivity index is 2.73. The van der Waals surface area contributed by atoms with E-state index in [1.165, 1.54) is 24.9 Å². The highest BCUT2D eigenvalue weighted by Crippen LogP contribution is 2.17. The molecule has 2 amide bonds. The molecule has 0 aromatic carbocycles. The van der Waals surface area contributed by atoms with Crippen LogP contribution in [0.4, 0.5) is 0 Å². The third-order valence-electron chi connectivity index (χ3n) is 3.78. The van der Waals surface area contributed by atoms with E-state index in [4.69, 9.17) is 4.74 Å². The van der Waals surface area contributed by atoms with Crippen molar-refractivity contribution in [2.45, 2.75) is 51.2 Å². The van der Waals surface area contributed by atoms with Crippen LogP contribution in [0.25, 0.3) is 0 Å². The largest absolute Gasteiger partial charge is 0.387 e. The highest BCUT2D eigenvalue weighted by molar-refractivity contribution is 7.99. The molecule has 5 N–H and O–H groups in total. The molecule has 1 aliphatic rings. The van der Waals surface area contributed by atoms with E-state index in [1.54, 1.807) is 6.08 Å². The summed E-state index contributed by atoms with van der Waals surface area (Å²) in [5.41, 5.74) is -0.214. The molecule has 1 aliphatic heterocycles.